The van der Waals surface area contributed by atoms with Gasteiger partial charge in [-0.1, -0.05) is 0 Å². The number of thiophene rings is 1. The summed E-state index contributed by atoms with van der Waals surface area (Å²) in [5, 5.41) is 16.1. The SMILES string of the molecule is Cc1cc2cc(CN3CCC(Nc4nc(N)nc5sc(CC(F)(F)F)cc45)CC3)c(O)cc2n1C[C@H](C)N1CCN(S(C)(=O)=O)CC1. The van der Waals surface area contributed by atoms with Gasteiger partial charge in [-0.05, 0) is 44.9 Å². The number of aryl methyl sites for hydroxylation is 1. The molecule has 5 heterocycles. The Morgan fingerprint density at radius 1 is 1.09 bits per heavy atom. The second-order valence-corrected chi connectivity index (χ2v) is 15.9. The quantitative estimate of drug-likeness (QED) is 0.234. The molecule has 0 saturated carbocycles. The standard InChI is InChI=1S/C31H41F3N8O3S2/c1-19-12-21-13-22(27(43)15-26(21)42(19)17-20(2)40-8-10-41(11-9-40)47(3,44)45)18-39-6-4-23(5-7-39)36-28-25-14-24(16-31(32,33)34)46-29(25)38-30(35)37-28/h12-15,20,23,43H,4-11,16-18H2,1-3H3,(H3,35,36,37,38)/t20-/m0/s1. The second-order valence-electron chi connectivity index (χ2n) is 12.8. The Kier molecular flexibility index (Phi) is 9.34. The fraction of sp³-hybridized carbons (Fsp3) is 0.548. The van der Waals surface area contributed by atoms with Crippen molar-refractivity contribution in [3.05, 3.63) is 40.4 Å². The van der Waals surface area contributed by atoms with E-state index >= 15 is 0 Å². The number of aromatic nitrogens is 3. The Balaban J connectivity index is 1.07. The first-order valence-corrected chi connectivity index (χ1v) is 18.4. The van der Waals surface area contributed by atoms with Crippen molar-refractivity contribution in [2.24, 2.45) is 0 Å². The molecule has 1 atom stereocenters. The van der Waals surface area contributed by atoms with Crippen molar-refractivity contribution in [1.29, 1.82) is 0 Å². The average Bonchev–Trinajstić information content (AvgIpc) is 3.51. The highest BCUT2D eigenvalue weighted by atomic mass is 32.2. The van der Waals surface area contributed by atoms with E-state index in [-0.39, 0.29) is 28.7 Å². The molecule has 0 amide bonds. The Labute approximate surface area is 276 Å². The van der Waals surface area contributed by atoms with Crippen LogP contribution < -0.4 is 11.1 Å². The maximum Gasteiger partial charge on any atom is 0.393 e. The molecule has 11 nitrogen and oxygen atoms in total. The summed E-state index contributed by atoms with van der Waals surface area (Å²) in [6, 6.07) is 7.81. The lowest BCUT2D eigenvalue weighted by molar-refractivity contribution is -0.126. The van der Waals surface area contributed by atoms with E-state index in [1.165, 1.54) is 16.6 Å². The van der Waals surface area contributed by atoms with Crippen LogP contribution in [0.3, 0.4) is 0 Å². The maximum absolute atomic E-state index is 13.0. The minimum absolute atomic E-state index is 0.0228. The van der Waals surface area contributed by atoms with Crippen LogP contribution in [0.4, 0.5) is 24.9 Å². The fourth-order valence-electron chi connectivity index (χ4n) is 6.76. The highest BCUT2D eigenvalue weighted by molar-refractivity contribution is 7.88. The highest BCUT2D eigenvalue weighted by Gasteiger charge is 2.30. The van der Waals surface area contributed by atoms with Gasteiger partial charge >= 0.3 is 6.18 Å². The van der Waals surface area contributed by atoms with Crippen LogP contribution in [0.2, 0.25) is 0 Å². The Morgan fingerprint density at radius 3 is 2.45 bits per heavy atom. The number of anilines is 2. The number of hydrogen-bond acceptors (Lipinski definition) is 10. The largest absolute Gasteiger partial charge is 0.508 e. The van der Waals surface area contributed by atoms with Gasteiger partial charge in [-0.25, -0.2) is 13.4 Å². The molecule has 47 heavy (non-hydrogen) atoms. The van der Waals surface area contributed by atoms with Gasteiger partial charge in [0.25, 0.3) is 0 Å². The van der Waals surface area contributed by atoms with Crippen molar-refractivity contribution in [1.82, 2.24) is 28.6 Å². The van der Waals surface area contributed by atoms with E-state index < -0.39 is 22.6 Å². The zero-order valence-corrected chi connectivity index (χ0v) is 28.4. The second kappa shape index (κ2) is 13.0. The third kappa shape index (κ3) is 7.77. The molecule has 0 spiro atoms. The number of likely N-dealkylation sites (tertiary alicyclic amines) is 1. The molecule has 2 saturated heterocycles. The lowest BCUT2D eigenvalue weighted by Gasteiger charge is -2.37. The number of nitrogen functional groups attached to an aromatic ring is 1. The highest BCUT2D eigenvalue weighted by Crippen LogP contribution is 2.35. The van der Waals surface area contributed by atoms with Crippen molar-refractivity contribution < 1.29 is 26.7 Å². The van der Waals surface area contributed by atoms with Crippen LogP contribution in [0, 0.1) is 6.92 Å². The van der Waals surface area contributed by atoms with Crippen molar-refractivity contribution in [2.75, 3.05) is 56.6 Å². The number of nitrogens with one attached hydrogen (secondary N) is 1. The molecule has 4 aromatic rings. The molecule has 0 aliphatic carbocycles. The van der Waals surface area contributed by atoms with E-state index in [1.54, 1.807) is 0 Å². The van der Waals surface area contributed by atoms with Gasteiger partial charge < -0.3 is 20.7 Å². The number of fused-ring (bicyclic) bond motifs is 2. The molecule has 4 N–H and O–H groups in total. The Bertz CT molecular complexity index is 1860. The summed E-state index contributed by atoms with van der Waals surface area (Å²) >= 11 is 0.984. The molecule has 1 aromatic carbocycles. The number of rotatable bonds is 9. The summed E-state index contributed by atoms with van der Waals surface area (Å²) in [6.07, 6.45) is -2.48. The molecule has 256 valence electrons. The van der Waals surface area contributed by atoms with E-state index in [2.05, 4.69) is 55.6 Å². The summed E-state index contributed by atoms with van der Waals surface area (Å²) in [4.78, 5) is 13.7. The van der Waals surface area contributed by atoms with E-state index in [1.807, 2.05) is 6.07 Å². The predicted molar refractivity (Wildman–Crippen MR) is 179 cm³/mol. The zero-order valence-electron chi connectivity index (χ0n) is 26.7. The molecular formula is C31H41F3N8O3S2. The number of phenolic OH excluding ortho intramolecular Hbond substituents is 1. The van der Waals surface area contributed by atoms with Gasteiger partial charge in [0, 0.05) is 92.0 Å². The Hall–Kier alpha value is -3.18. The van der Waals surface area contributed by atoms with Gasteiger partial charge in [-0.2, -0.15) is 22.5 Å². The Morgan fingerprint density at radius 2 is 1.79 bits per heavy atom. The molecule has 6 rings (SSSR count). The molecule has 0 radical (unpaired) electrons. The number of aromatic hydroxyl groups is 1. The van der Waals surface area contributed by atoms with Gasteiger partial charge in [0.1, 0.15) is 16.4 Å². The third-order valence-electron chi connectivity index (χ3n) is 9.28. The van der Waals surface area contributed by atoms with E-state index in [4.69, 9.17) is 5.73 Å². The summed E-state index contributed by atoms with van der Waals surface area (Å²) in [6.45, 7) is 9.43. The molecule has 0 bridgehead atoms. The van der Waals surface area contributed by atoms with Gasteiger partial charge in [0.2, 0.25) is 16.0 Å². The minimum Gasteiger partial charge on any atom is -0.508 e. The molecular weight excluding hydrogens is 654 g/mol. The molecule has 2 fully saturated rings. The van der Waals surface area contributed by atoms with Gasteiger partial charge in [-0.15, -0.1) is 11.3 Å². The number of halogens is 3. The number of piperazine rings is 1. The number of hydrogen-bond donors (Lipinski definition) is 3. The first-order chi connectivity index (χ1) is 22.1. The molecule has 3 aromatic heterocycles. The monoisotopic (exact) mass is 694 g/mol. The van der Waals surface area contributed by atoms with Crippen LogP contribution in [0.15, 0.2) is 24.3 Å². The van der Waals surface area contributed by atoms with Crippen LogP contribution >= 0.6 is 11.3 Å². The van der Waals surface area contributed by atoms with Crippen molar-refractivity contribution in [3.8, 4) is 5.75 Å². The number of benzene rings is 1. The molecule has 2 aliphatic heterocycles. The first-order valence-electron chi connectivity index (χ1n) is 15.8. The smallest absolute Gasteiger partial charge is 0.393 e. The van der Waals surface area contributed by atoms with Gasteiger partial charge in [0.05, 0.1) is 23.6 Å². The lowest BCUT2D eigenvalue weighted by Crippen LogP contribution is -2.51. The van der Waals surface area contributed by atoms with Crippen LogP contribution in [0.1, 0.15) is 35.9 Å². The van der Waals surface area contributed by atoms with Crippen molar-refractivity contribution in [2.45, 2.75) is 64.5 Å². The third-order valence-corrected chi connectivity index (χ3v) is 11.6. The van der Waals surface area contributed by atoms with Crippen molar-refractivity contribution >= 4 is 54.2 Å². The van der Waals surface area contributed by atoms with E-state index in [0.717, 1.165) is 66.0 Å². The van der Waals surface area contributed by atoms with Crippen LogP contribution in [0.25, 0.3) is 21.1 Å². The lowest BCUT2D eigenvalue weighted by atomic mass is 10.0. The summed E-state index contributed by atoms with van der Waals surface area (Å²) < 4.78 is 66.5. The summed E-state index contributed by atoms with van der Waals surface area (Å²) in [5.74, 6) is 0.733. The number of piperidine rings is 1. The fourth-order valence-corrected chi connectivity index (χ4v) is 8.65. The van der Waals surface area contributed by atoms with Crippen LogP contribution in [-0.4, -0.2) is 106 Å². The van der Waals surface area contributed by atoms with E-state index in [0.29, 0.717) is 48.8 Å². The summed E-state index contributed by atoms with van der Waals surface area (Å²) in [5.41, 5.74) is 8.80. The normalized spacial score (nSPS) is 18.8. The average molecular weight is 695 g/mol. The zero-order chi connectivity index (χ0) is 33.7. The number of nitrogens with zero attached hydrogens (tertiary/aromatic N) is 6. The maximum atomic E-state index is 13.0. The van der Waals surface area contributed by atoms with Crippen LogP contribution in [-0.2, 0) is 29.5 Å². The van der Waals surface area contributed by atoms with E-state index in [9.17, 15) is 26.7 Å². The van der Waals surface area contributed by atoms with Gasteiger partial charge in [-0.3, -0.25) is 9.80 Å². The van der Waals surface area contributed by atoms with Crippen LogP contribution in [0.5, 0.6) is 5.75 Å². The van der Waals surface area contributed by atoms with Gasteiger partial charge in [0.15, 0.2) is 0 Å². The molecule has 2 aliphatic rings. The van der Waals surface area contributed by atoms with Crippen molar-refractivity contribution in [3.63, 3.8) is 0 Å². The number of alkyl halides is 3. The number of phenols is 1. The molecule has 0 unspecified atom stereocenters. The number of nitrogens with two attached hydrogens (primary N) is 1. The summed E-state index contributed by atoms with van der Waals surface area (Å²) in [7, 11) is -3.18. The minimum atomic E-state index is -4.30. The topological polar surface area (TPSA) is 133 Å². The predicted octanol–water partition coefficient (Wildman–Crippen LogP) is 4.39. The number of sulfonamides is 1. The first kappa shape index (κ1) is 33.7. The molecule has 16 heteroatoms.